The van der Waals surface area contributed by atoms with Crippen molar-refractivity contribution in [2.75, 3.05) is 26.4 Å². The Morgan fingerprint density at radius 2 is 2.20 bits per heavy atom. The SMILES string of the molecule is CCc1nc(CCNC(=NC)NCC(C)(C)SC)cs1. The molecular formula is C14H26N4S2. The van der Waals surface area contributed by atoms with Crippen molar-refractivity contribution in [3.63, 3.8) is 0 Å². The van der Waals surface area contributed by atoms with Gasteiger partial charge in [-0.15, -0.1) is 11.3 Å². The molecule has 0 spiro atoms. The highest BCUT2D eigenvalue weighted by atomic mass is 32.2. The van der Waals surface area contributed by atoms with Gasteiger partial charge < -0.3 is 10.6 Å². The number of thioether (sulfide) groups is 1. The van der Waals surface area contributed by atoms with Crippen molar-refractivity contribution in [1.29, 1.82) is 0 Å². The third-order valence-corrected chi connectivity index (χ3v) is 5.32. The first kappa shape index (κ1) is 17.3. The van der Waals surface area contributed by atoms with Crippen molar-refractivity contribution in [3.05, 3.63) is 16.1 Å². The lowest BCUT2D eigenvalue weighted by Crippen LogP contribution is -2.43. The largest absolute Gasteiger partial charge is 0.356 e. The first-order valence-electron chi connectivity index (χ1n) is 6.93. The fraction of sp³-hybridized carbons (Fsp3) is 0.714. The molecule has 0 amide bonds. The second-order valence-corrected chi connectivity index (χ2v) is 7.61. The third kappa shape index (κ3) is 6.13. The Kier molecular flexibility index (Phi) is 7.37. The van der Waals surface area contributed by atoms with Crippen LogP contribution in [0, 0.1) is 0 Å². The van der Waals surface area contributed by atoms with Crippen LogP contribution in [0.4, 0.5) is 0 Å². The summed E-state index contributed by atoms with van der Waals surface area (Å²) >= 11 is 3.59. The van der Waals surface area contributed by atoms with Crippen LogP contribution in [0.1, 0.15) is 31.5 Å². The van der Waals surface area contributed by atoms with Crippen molar-refractivity contribution in [3.8, 4) is 0 Å². The normalized spacial score (nSPS) is 12.6. The van der Waals surface area contributed by atoms with Gasteiger partial charge in [-0.25, -0.2) is 4.98 Å². The highest BCUT2D eigenvalue weighted by Crippen LogP contribution is 2.19. The first-order chi connectivity index (χ1) is 9.50. The molecule has 2 N–H and O–H groups in total. The lowest BCUT2D eigenvalue weighted by atomic mass is 10.2. The zero-order chi connectivity index (χ0) is 15.0. The van der Waals surface area contributed by atoms with Crippen LogP contribution in [-0.4, -0.2) is 42.1 Å². The Bertz CT molecular complexity index is 427. The molecule has 1 heterocycles. The van der Waals surface area contributed by atoms with Crippen molar-refractivity contribution in [2.24, 2.45) is 4.99 Å². The fourth-order valence-electron chi connectivity index (χ4n) is 1.52. The van der Waals surface area contributed by atoms with Gasteiger partial charge in [0.2, 0.25) is 0 Å². The summed E-state index contributed by atoms with van der Waals surface area (Å²) in [6, 6.07) is 0. The molecule has 0 radical (unpaired) electrons. The predicted octanol–water partition coefficient (Wildman–Crippen LogP) is 2.55. The third-order valence-electron chi connectivity index (χ3n) is 3.03. The second kappa shape index (κ2) is 8.52. The van der Waals surface area contributed by atoms with Crippen LogP contribution in [-0.2, 0) is 12.8 Å². The quantitative estimate of drug-likeness (QED) is 0.600. The summed E-state index contributed by atoms with van der Waals surface area (Å²) in [5.41, 5.74) is 1.17. The number of nitrogens with one attached hydrogen (secondary N) is 2. The summed E-state index contributed by atoms with van der Waals surface area (Å²) in [7, 11) is 1.81. The molecule has 0 atom stereocenters. The summed E-state index contributed by atoms with van der Waals surface area (Å²) in [6.07, 6.45) is 4.08. The lowest BCUT2D eigenvalue weighted by molar-refractivity contribution is 0.663. The number of aliphatic imine (C=N–C) groups is 1. The van der Waals surface area contributed by atoms with Crippen LogP contribution in [0.2, 0.25) is 0 Å². The lowest BCUT2D eigenvalue weighted by Gasteiger charge is -2.23. The van der Waals surface area contributed by atoms with Gasteiger partial charge in [0, 0.05) is 36.7 Å². The van der Waals surface area contributed by atoms with Crippen LogP contribution in [0.3, 0.4) is 0 Å². The van der Waals surface area contributed by atoms with Crippen molar-refractivity contribution >= 4 is 29.1 Å². The molecule has 0 aliphatic heterocycles. The molecule has 20 heavy (non-hydrogen) atoms. The van der Waals surface area contributed by atoms with Gasteiger partial charge in [0.15, 0.2) is 5.96 Å². The minimum atomic E-state index is 0.211. The maximum Gasteiger partial charge on any atom is 0.191 e. The Morgan fingerprint density at radius 3 is 2.75 bits per heavy atom. The van der Waals surface area contributed by atoms with E-state index < -0.39 is 0 Å². The highest BCUT2D eigenvalue weighted by molar-refractivity contribution is 7.99. The van der Waals surface area contributed by atoms with Crippen LogP contribution in [0.25, 0.3) is 0 Å². The number of aromatic nitrogens is 1. The molecule has 1 aromatic rings. The summed E-state index contributed by atoms with van der Waals surface area (Å²) in [4.78, 5) is 8.81. The molecule has 0 aliphatic rings. The van der Waals surface area contributed by atoms with E-state index in [4.69, 9.17) is 0 Å². The number of rotatable bonds is 7. The minimum Gasteiger partial charge on any atom is -0.356 e. The maximum atomic E-state index is 4.56. The topological polar surface area (TPSA) is 49.3 Å². The van der Waals surface area contributed by atoms with E-state index in [0.29, 0.717) is 0 Å². The summed E-state index contributed by atoms with van der Waals surface area (Å²) in [6.45, 7) is 8.33. The molecule has 114 valence electrons. The van der Waals surface area contributed by atoms with Gasteiger partial charge in [0.1, 0.15) is 0 Å². The fourth-order valence-corrected chi connectivity index (χ4v) is 2.52. The Balaban J connectivity index is 2.31. The number of nitrogens with zero attached hydrogens (tertiary/aromatic N) is 2. The van der Waals surface area contributed by atoms with Crippen LogP contribution >= 0.6 is 23.1 Å². The van der Waals surface area contributed by atoms with Gasteiger partial charge in [-0.1, -0.05) is 6.92 Å². The molecule has 0 saturated carbocycles. The monoisotopic (exact) mass is 314 g/mol. The summed E-state index contributed by atoms with van der Waals surface area (Å²) < 4.78 is 0.211. The number of aryl methyl sites for hydroxylation is 1. The molecule has 0 bridgehead atoms. The molecule has 0 aliphatic carbocycles. The summed E-state index contributed by atoms with van der Waals surface area (Å²) in [5.74, 6) is 0.859. The van der Waals surface area contributed by atoms with E-state index in [2.05, 4.69) is 53.0 Å². The van der Waals surface area contributed by atoms with E-state index >= 15 is 0 Å². The van der Waals surface area contributed by atoms with Gasteiger partial charge in [-0.05, 0) is 26.5 Å². The predicted molar refractivity (Wildman–Crippen MR) is 92.2 cm³/mol. The molecule has 0 unspecified atom stereocenters. The molecule has 6 heteroatoms. The molecule has 4 nitrogen and oxygen atoms in total. The second-order valence-electron chi connectivity index (χ2n) is 5.15. The number of guanidine groups is 1. The molecule has 0 aromatic carbocycles. The standard InChI is InChI=1S/C14H26N4S2/c1-6-12-18-11(9-20-12)7-8-16-13(15-4)17-10-14(2,3)19-5/h9H,6-8,10H2,1-5H3,(H2,15,16,17). The number of thiazole rings is 1. The van der Waals surface area contributed by atoms with E-state index in [9.17, 15) is 0 Å². The molecule has 0 fully saturated rings. The molecule has 0 saturated heterocycles. The van der Waals surface area contributed by atoms with E-state index in [-0.39, 0.29) is 4.75 Å². The van der Waals surface area contributed by atoms with E-state index in [1.807, 2.05) is 11.8 Å². The van der Waals surface area contributed by atoms with Crippen LogP contribution in [0.15, 0.2) is 10.4 Å². The van der Waals surface area contributed by atoms with Gasteiger partial charge in [0.25, 0.3) is 0 Å². The van der Waals surface area contributed by atoms with Gasteiger partial charge in [-0.3, -0.25) is 4.99 Å². The van der Waals surface area contributed by atoms with E-state index in [0.717, 1.165) is 31.9 Å². The van der Waals surface area contributed by atoms with Crippen LogP contribution < -0.4 is 10.6 Å². The van der Waals surface area contributed by atoms with Crippen LogP contribution in [0.5, 0.6) is 0 Å². The van der Waals surface area contributed by atoms with E-state index in [1.54, 1.807) is 18.4 Å². The Hall–Kier alpha value is -0.750. The average molecular weight is 315 g/mol. The Labute approximate surface area is 130 Å². The maximum absolute atomic E-state index is 4.56. The highest BCUT2D eigenvalue weighted by Gasteiger charge is 2.15. The van der Waals surface area contributed by atoms with Crippen molar-refractivity contribution in [2.45, 2.75) is 38.4 Å². The molecular weight excluding hydrogens is 288 g/mol. The van der Waals surface area contributed by atoms with Gasteiger partial charge in [-0.2, -0.15) is 11.8 Å². The van der Waals surface area contributed by atoms with Gasteiger partial charge >= 0.3 is 0 Å². The van der Waals surface area contributed by atoms with Crippen molar-refractivity contribution < 1.29 is 0 Å². The average Bonchev–Trinajstić information content (AvgIpc) is 2.90. The van der Waals surface area contributed by atoms with E-state index in [1.165, 1.54) is 10.7 Å². The number of hydrogen-bond acceptors (Lipinski definition) is 4. The minimum absolute atomic E-state index is 0.211. The van der Waals surface area contributed by atoms with Gasteiger partial charge in [0.05, 0.1) is 10.7 Å². The first-order valence-corrected chi connectivity index (χ1v) is 9.04. The van der Waals surface area contributed by atoms with Crippen molar-refractivity contribution in [1.82, 2.24) is 15.6 Å². The smallest absolute Gasteiger partial charge is 0.191 e. The molecule has 1 rings (SSSR count). The summed E-state index contributed by atoms with van der Waals surface area (Å²) in [5, 5.41) is 10.1. The molecule has 1 aromatic heterocycles. The Morgan fingerprint density at radius 1 is 1.45 bits per heavy atom. The zero-order valence-corrected chi connectivity index (χ0v) is 14.7. The zero-order valence-electron chi connectivity index (χ0n) is 13.1. The number of hydrogen-bond donors (Lipinski definition) is 2.